The van der Waals surface area contributed by atoms with Gasteiger partial charge in [-0.25, -0.2) is 9.97 Å². The van der Waals surface area contributed by atoms with Crippen molar-refractivity contribution in [3.05, 3.63) is 49.2 Å². The first-order valence-corrected chi connectivity index (χ1v) is 7.42. The fraction of sp³-hybridized carbons (Fsp3) is 0.188. The predicted molar refractivity (Wildman–Crippen MR) is 85.4 cm³/mol. The molecule has 8 nitrogen and oxygen atoms in total. The van der Waals surface area contributed by atoms with E-state index in [9.17, 15) is 0 Å². The smallest absolute Gasteiger partial charge is 0.236 e. The lowest BCUT2D eigenvalue weighted by molar-refractivity contribution is 0.173. The summed E-state index contributed by atoms with van der Waals surface area (Å²) in [6.45, 7) is 2.13. The van der Waals surface area contributed by atoms with Gasteiger partial charge in [-0.15, -0.1) is 0 Å². The number of aromatic nitrogens is 4. The van der Waals surface area contributed by atoms with Crippen molar-refractivity contribution < 1.29 is 14.2 Å². The molecule has 1 atom stereocenters. The highest BCUT2D eigenvalue weighted by Gasteiger charge is 2.15. The summed E-state index contributed by atoms with van der Waals surface area (Å²) in [7, 11) is 0. The fourth-order valence-corrected chi connectivity index (χ4v) is 2.32. The molecule has 1 N–H and O–H groups in total. The van der Waals surface area contributed by atoms with Gasteiger partial charge in [-0.05, 0) is 25.1 Å². The number of benzene rings is 1. The summed E-state index contributed by atoms with van der Waals surface area (Å²) in [6, 6.07) is 7.24. The molecule has 0 fully saturated rings. The molecular formula is C16H15N5O3. The molecule has 4 rings (SSSR count). The van der Waals surface area contributed by atoms with Crippen LogP contribution in [0.25, 0.3) is 5.95 Å². The maximum Gasteiger partial charge on any atom is 0.236 e. The normalized spacial score (nSPS) is 13.5. The zero-order chi connectivity index (χ0) is 16.4. The maximum atomic E-state index is 5.85. The van der Waals surface area contributed by atoms with E-state index in [0.29, 0.717) is 23.3 Å². The number of rotatable bonds is 5. The Bertz CT molecular complexity index is 837. The van der Waals surface area contributed by atoms with E-state index in [1.807, 2.05) is 19.1 Å². The summed E-state index contributed by atoms with van der Waals surface area (Å²) in [6.07, 6.45) is 6.49. The SMILES string of the molecule is CC(Nc1ccnc(-n2ccnc2)n1)Oc1ccc2c(c1)OCO2. The number of hydrogen-bond acceptors (Lipinski definition) is 7. The van der Waals surface area contributed by atoms with Crippen LogP contribution < -0.4 is 19.5 Å². The van der Waals surface area contributed by atoms with E-state index < -0.39 is 0 Å². The van der Waals surface area contributed by atoms with Crippen LogP contribution in [0.15, 0.2) is 49.2 Å². The van der Waals surface area contributed by atoms with Crippen molar-refractivity contribution in [3.8, 4) is 23.2 Å². The minimum absolute atomic E-state index is 0.241. The van der Waals surface area contributed by atoms with Gasteiger partial charge in [0, 0.05) is 24.7 Å². The Morgan fingerprint density at radius 3 is 3.00 bits per heavy atom. The topological polar surface area (TPSA) is 83.3 Å². The molecule has 0 aliphatic carbocycles. The molecule has 0 radical (unpaired) electrons. The summed E-state index contributed by atoms with van der Waals surface area (Å²) in [5.74, 6) is 3.28. The van der Waals surface area contributed by atoms with Gasteiger partial charge in [-0.1, -0.05) is 0 Å². The third-order valence-electron chi connectivity index (χ3n) is 3.39. The lowest BCUT2D eigenvalue weighted by Gasteiger charge is -2.17. The van der Waals surface area contributed by atoms with Crippen molar-refractivity contribution in [1.29, 1.82) is 0 Å². The van der Waals surface area contributed by atoms with Gasteiger partial charge in [0.1, 0.15) is 17.9 Å². The Morgan fingerprint density at radius 1 is 1.21 bits per heavy atom. The van der Waals surface area contributed by atoms with Crippen LogP contribution in [0, 0.1) is 0 Å². The Labute approximate surface area is 138 Å². The Kier molecular flexibility index (Phi) is 3.62. The number of ether oxygens (including phenoxy) is 3. The molecule has 8 heteroatoms. The molecule has 1 aliphatic heterocycles. The molecule has 122 valence electrons. The van der Waals surface area contributed by atoms with Gasteiger partial charge in [0.25, 0.3) is 0 Å². The van der Waals surface area contributed by atoms with Crippen LogP contribution in [0.2, 0.25) is 0 Å². The summed E-state index contributed by atoms with van der Waals surface area (Å²) in [5, 5.41) is 3.18. The van der Waals surface area contributed by atoms with Crippen LogP contribution >= 0.6 is 0 Å². The lowest BCUT2D eigenvalue weighted by atomic mass is 10.3. The van der Waals surface area contributed by atoms with Crippen LogP contribution in [-0.4, -0.2) is 32.5 Å². The monoisotopic (exact) mass is 325 g/mol. The number of imidazole rings is 1. The first-order chi connectivity index (χ1) is 11.8. The molecule has 0 bridgehead atoms. The van der Waals surface area contributed by atoms with Crippen LogP contribution in [-0.2, 0) is 0 Å². The largest absolute Gasteiger partial charge is 0.471 e. The third kappa shape index (κ3) is 2.94. The molecule has 3 aromatic rings. The van der Waals surface area contributed by atoms with Crippen LogP contribution in [0.3, 0.4) is 0 Å². The molecule has 1 aliphatic rings. The average Bonchev–Trinajstić information content (AvgIpc) is 3.26. The molecule has 0 saturated heterocycles. The summed E-state index contributed by atoms with van der Waals surface area (Å²) < 4.78 is 18.2. The second kappa shape index (κ2) is 6.07. The lowest BCUT2D eigenvalue weighted by Crippen LogP contribution is -2.23. The van der Waals surface area contributed by atoms with Gasteiger partial charge in [-0.3, -0.25) is 4.57 Å². The van der Waals surface area contributed by atoms with Crippen molar-refractivity contribution in [2.45, 2.75) is 13.2 Å². The summed E-state index contributed by atoms with van der Waals surface area (Å²) >= 11 is 0. The van der Waals surface area contributed by atoms with Gasteiger partial charge < -0.3 is 19.5 Å². The number of nitrogens with one attached hydrogen (secondary N) is 1. The molecule has 0 amide bonds. The number of anilines is 1. The number of hydrogen-bond donors (Lipinski definition) is 1. The summed E-state index contributed by atoms with van der Waals surface area (Å²) in [5.41, 5.74) is 0. The molecule has 24 heavy (non-hydrogen) atoms. The standard InChI is InChI=1S/C16H15N5O3/c1-11(24-12-2-3-13-14(8-12)23-10-22-13)19-15-4-5-18-16(20-15)21-7-6-17-9-21/h2-9,11H,10H2,1H3,(H,18,19,20). The van der Waals surface area contributed by atoms with Crippen molar-refractivity contribution in [3.63, 3.8) is 0 Å². The van der Waals surface area contributed by atoms with E-state index in [4.69, 9.17) is 14.2 Å². The number of nitrogens with zero attached hydrogens (tertiary/aromatic N) is 4. The van der Waals surface area contributed by atoms with Gasteiger partial charge in [0.15, 0.2) is 17.7 Å². The van der Waals surface area contributed by atoms with Gasteiger partial charge in [-0.2, -0.15) is 4.98 Å². The molecular weight excluding hydrogens is 310 g/mol. The Hall–Kier alpha value is -3.29. The highest BCUT2D eigenvalue weighted by Crippen LogP contribution is 2.35. The van der Waals surface area contributed by atoms with E-state index >= 15 is 0 Å². The highest BCUT2D eigenvalue weighted by molar-refractivity contribution is 5.47. The second-order valence-electron chi connectivity index (χ2n) is 5.13. The Morgan fingerprint density at radius 2 is 2.12 bits per heavy atom. The van der Waals surface area contributed by atoms with E-state index in [1.54, 1.807) is 41.6 Å². The molecule has 2 aromatic heterocycles. The van der Waals surface area contributed by atoms with E-state index in [0.717, 1.165) is 5.75 Å². The third-order valence-corrected chi connectivity index (χ3v) is 3.39. The molecule has 1 unspecified atom stereocenters. The van der Waals surface area contributed by atoms with Gasteiger partial charge in [0.05, 0.1) is 0 Å². The molecule has 0 saturated carbocycles. The highest BCUT2D eigenvalue weighted by atomic mass is 16.7. The van der Waals surface area contributed by atoms with Crippen LogP contribution in [0.1, 0.15) is 6.92 Å². The average molecular weight is 325 g/mol. The van der Waals surface area contributed by atoms with E-state index in [1.165, 1.54) is 0 Å². The number of fused-ring (bicyclic) bond motifs is 1. The first kappa shape index (κ1) is 14.3. The van der Waals surface area contributed by atoms with Crippen LogP contribution in [0.4, 0.5) is 5.82 Å². The zero-order valence-corrected chi connectivity index (χ0v) is 12.9. The van der Waals surface area contributed by atoms with Crippen molar-refractivity contribution in [2.24, 2.45) is 0 Å². The molecule has 1 aromatic carbocycles. The minimum atomic E-state index is -0.295. The van der Waals surface area contributed by atoms with Crippen molar-refractivity contribution >= 4 is 5.82 Å². The second-order valence-corrected chi connectivity index (χ2v) is 5.13. The van der Waals surface area contributed by atoms with E-state index in [-0.39, 0.29) is 13.0 Å². The zero-order valence-electron chi connectivity index (χ0n) is 12.9. The molecule has 3 heterocycles. The van der Waals surface area contributed by atoms with Crippen LogP contribution in [0.5, 0.6) is 17.2 Å². The van der Waals surface area contributed by atoms with Crippen molar-refractivity contribution in [2.75, 3.05) is 12.1 Å². The minimum Gasteiger partial charge on any atom is -0.471 e. The molecule has 0 spiro atoms. The maximum absolute atomic E-state index is 5.85. The summed E-state index contributed by atoms with van der Waals surface area (Å²) in [4.78, 5) is 12.6. The van der Waals surface area contributed by atoms with Gasteiger partial charge in [0.2, 0.25) is 12.7 Å². The van der Waals surface area contributed by atoms with E-state index in [2.05, 4.69) is 20.3 Å². The predicted octanol–water partition coefficient (Wildman–Crippen LogP) is 2.23. The fourth-order valence-electron chi connectivity index (χ4n) is 2.32. The first-order valence-electron chi connectivity index (χ1n) is 7.42. The Balaban J connectivity index is 1.44. The quantitative estimate of drug-likeness (QED) is 0.720. The van der Waals surface area contributed by atoms with Gasteiger partial charge >= 0.3 is 0 Å². The van der Waals surface area contributed by atoms with Crippen molar-refractivity contribution in [1.82, 2.24) is 19.5 Å².